The van der Waals surface area contributed by atoms with E-state index in [-0.39, 0.29) is 31.1 Å². The van der Waals surface area contributed by atoms with Gasteiger partial charge in [0.15, 0.2) is 0 Å². The van der Waals surface area contributed by atoms with Crippen LogP contribution in [0, 0.1) is 6.07 Å². The van der Waals surface area contributed by atoms with E-state index in [0.717, 1.165) is 5.56 Å². The van der Waals surface area contributed by atoms with Gasteiger partial charge in [-0.25, -0.2) is 0 Å². The van der Waals surface area contributed by atoms with Gasteiger partial charge >= 0.3 is 18.9 Å². The van der Waals surface area contributed by atoms with Crippen molar-refractivity contribution in [1.29, 1.82) is 0 Å². The largest absolute Gasteiger partial charge is 1.00 e. The molecule has 2 atom stereocenters. The van der Waals surface area contributed by atoms with Crippen LogP contribution in [-0.2, 0) is 4.74 Å². The van der Waals surface area contributed by atoms with E-state index < -0.39 is 0 Å². The van der Waals surface area contributed by atoms with Crippen LogP contribution in [0.4, 0.5) is 0 Å². The van der Waals surface area contributed by atoms with Crippen molar-refractivity contribution in [3.8, 4) is 0 Å². The summed E-state index contributed by atoms with van der Waals surface area (Å²) in [6, 6.07) is 21.5. The average molecular weight is 202 g/mol. The molecule has 0 unspecified atom stereocenters. The zero-order valence-corrected chi connectivity index (χ0v) is 9.26. The van der Waals surface area contributed by atoms with Crippen LogP contribution in [0.2, 0.25) is 0 Å². The van der Waals surface area contributed by atoms with Gasteiger partial charge in [-0.3, -0.25) is 0 Å². The SMILES string of the molecule is [Li+].[c-]1ccccc1[C@H]1O[C@@H]1c1ccccc1. The third-order valence-corrected chi connectivity index (χ3v) is 2.66. The van der Waals surface area contributed by atoms with Crippen molar-refractivity contribution in [3.63, 3.8) is 0 Å². The molecule has 16 heavy (non-hydrogen) atoms. The predicted molar refractivity (Wildman–Crippen MR) is 58.3 cm³/mol. The maximum Gasteiger partial charge on any atom is 1.00 e. The van der Waals surface area contributed by atoms with Crippen LogP contribution in [0.15, 0.2) is 54.6 Å². The molecular weight excluding hydrogens is 191 g/mol. The van der Waals surface area contributed by atoms with Gasteiger partial charge in [0, 0.05) is 0 Å². The normalized spacial score (nSPS) is 22.2. The minimum absolute atomic E-state index is 0. The first-order valence-corrected chi connectivity index (χ1v) is 5.12. The van der Waals surface area contributed by atoms with Gasteiger partial charge in [-0.15, -0.1) is 5.56 Å². The fourth-order valence-electron chi connectivity index (χ4n) is 1.83. The Bertz CT molecular complexity index is 397. The van der Waals surface area contributed by atoms with E-state index in [0.29, 0.717) is 0 Å². The van der Waals surface area contributed by atoms with Crippen molar-refractivity contribution in [3.05, 3.63) is 71.8 Å². The molecule has 0 N–H and O–H groups in total. The Labute approximate surface area is 108 Å². The number of rotatable bonds is 2. The van der Waals surface area contributed by atoms with Crippen molar-refractivity contribution in [1.82, 2.24) is 0 Å². The summed E-state index contributed by atoms with van der Waals surface area (Å²) in [5, 5.41) is 0. The summed E-state index contributed by atoms with van der Waals surface area (Å²) in [5.74, 6) is 0. The van der Waals surface area contributed by atoms with E-state index in [1.165, 1.54) is 5.56 Å². The first-order chi connectivity index (χ1) is 7.45. The van der Waals surface area contributed by atoms with E-state index in [1.807, 2.05) is 36.4 Å². The van der Waals surface area contributed by atoms with Gasteiger partial charge in [-0.05, 0) is 5.56 Å². The van der Waals surface area contributed by atoms with Gasteiger partial charge in [0.05, 0.1) is 6.10 Å². The van der Waals surface area contributed by atoms with Gasteiger partial charge in [-0.1, -0.05) is 30.3 Å². The molecule has 0 aliphatic carbocycles. The summed E-state index contributed by atoms with van der Waals surface area (Å²) in [4.78, 5) is 0. The van der Waals surface area contributed by atoms with Crippen molar-refractivity contribution < 1.29 is 23.6 Å². The summed E-state index contributed by atoms with van der Waals surface area (Å²) in [7, 11) is 0. The molecule has 1 saturated heterocycles. The molecule has 2 aromatic carbocycles. The van der Waals surface area contributed by atoms with E-state index >= 15 is 0 Å². The summed E-state index contributed by atoms with van der Waals surface area (Å²) < 4.78 is 5.66. The minimum Gasteiger partial charge on any atom is -0.362 e. The second-order valence-corrected chi connectivity index (χ2v) is 3.71. The monoisotopic (exact) mass is 202 g/mol. The van der Waals surface area contributed by atoms with Crippen molar-refractivity contribution >= 4 is 0 Å². The average Bonchev–Trinajstić information content (AvgIpc) is 3.11. The summed E-state index contributed by atoms with van der Waals surface area (Å²) >= 11 is 0. The summed E-state index contributed by atoms with van der Waals surface area (Å²) in [5.41, 5.74) is 2.39. The Morgan fingerprint density at radius 1 is 0.875 bits per heavy atom. The van der Waals surface area contributed by atoms with Crippen LogP contribution in [0.1, 0.15) is 23.3 Å². The van der Waals surface area contributed by atoms with Crippen LogP contribution in [0.5, 0.6) is 0 Å². The van der Waals surface area contributed by atoms with E-state index in [2.05, 4.69) is 24.3 Å². The molecule has 2 heteroatoms. The molecule has 1 heterocycles. The molecule has 1 nitrogen and oxygen atoms in total. The number of hydrogen-bond acceptors (Lipinski definition) is 1. The van der Waals surface area contributed by atoms with Gasteiger partial charge in [0.2, 0.25) is 0 Å². The molecule has 0 radical (unpaired) electrons. The van der Waals surface area contributed by atoms with E-state index in [1.54, 1.807) is 0 Å². The zero-order valence-electron chi connectivity index (χ0n) is 9.26. The zero-order chi connectivity index (χ0) is 10.1. The van der Waals surface area contributed by atoms with Gasteiger partial charge in [0.1, 0.15) is 6.10 Å². The molecule has 1 aliphatic heterocycles. The van der Waals surface area contributed by atoms with Crippen LogP contribution in [0.25, 0.3) is 0 Å². The third-order valence-electron chi connectivity index (χ3n) is 2.66. The van der Waals surface area contributed by atoms with Crippen molar-refractivity contribution in [2.75, 3.05) is 0 Å². The minimum atomic E-state index is 0. The molecule has 1 aliphatic rings. The standard InChI is InChI=1S/C14H11O.Li/c1-3-7-11(8-4-1)13-14(15-13)12-9-5-2-6-10-12;/h1-9,13-14H;/q-1;+1/t13-,14-;/m1./s1. The second kappa shape index (κ2) is 4.89. The molecule has 3 rings (SSSR count). The molecule has 0 spiro atoms. The second-order valence-electron chi connectivity index (χ2n) is 3.71. The Kier molecular flexibility index (Phi) is 3.51. The number of benzene rings is 2. The Hall–Kier alpha value is -1.00. The van der Waals surface area contributed by atoms with Crippen LogP contribution >= 0.6 is 0 Å². The summed E-state index contributed by atoms with van der Waals surface area (Å²) in [6.45, 7) is 0. The quantitative estimate of drug-likeness (QED) is 0.388. The Morgan fingerprint density at radius 2 is 1.62 bits per heavy atom. The molecule has 1 fully saturated rings. The number of hydrogen-bond donors (Lipinski definition) is 0. The first-order valence-electron chi connectivity index (χ1n) is 5.12. The molecule has 0 amide bonds. The molecule has 2 aromatic rings. The van der Waals surface area contributed by atoms with E-state index in [4.69, 9.17) is 4.74 Å². The van der Waals surface area contributed by atoms with Crippen molar-refractivity contribution in [2.45, 2.75) is 12.2 Å². The maximum atomic E-state index is 5.66. The number of ether oxygens (including phenoxy) is 1. The van der Waals surface area contributed by atoms with Crippen molar-refractivity contribution in [2.24, 2.45) is 0 Å². The predicted octanol–water partition coefficient (Wildman–Crippen LogP) is 0.303. The molecule has 0 bridgehead atoms. The molecule has 0 aromatic heterocycles. The Balaban J connectivity index is 0.000000963. The van der Waals surface area contributed by atoms with Crippen LogP contribution in [-0.4, -0.2) is 0 Å². The fraction of sp³-hybridized carbons (Fsp3) is 0.143. The molecule has 74 valence electrons. The van der Waals surface area contributed by atoms with Gasteiger partial charge < -0.3 is 4.74 Å². The first kappa shape index (κ1) is 11.5. The maximum absolute atomic E-state index is 5.66. The van der Waals surface area contributed by atoms with E-state index in [9.17, 15) is 0 Å². The smallest absolute Gasteiger partial charge is 0.362 e. The van der Waals surface area contributed by atoms with Crippen LogP contribution < -0.4 is 18.9 Å². The topological polar surface area (TPSA) is 12.5 Å². The number of epoxide rings is 1. The van der Waals surface area contributed by atoms with Gasteiger partial charge in [-0.2, -0.15) is 30.3 Å². The fourth-order valence-corrected chi connectivity index (χ4v) is 1.83. The van der Waals surface area contributed by atoms with Gasteiger partial charge in [0.25, 0.3) is 0 Å². The molecule has 0 saturated carbocycles. The molecular formula is C14H11LiO. The Morgan fingerprint density at radius 3 is 2.31 bits per heavy atom. The summed E-state index contributed by atoms with van der Waals surface area (Å²) in [6.07, 6.45) is 0.429. The third kappa shape index (κ3) is 2.22. The van der Waals surface area contributed by atoms with Crippen LogP contribution in [0.3, 0.4) is 0 Å².